The fraction of sp³-hybridized carbons (Fsp3) is 0.318. The van der Waals surface area contributed by atoms with Crippen LogP contribution in [0.3, 0.4) is 0 Å². The van der Waals surface area contributed by atoms with E-state index in [0.29, 0.717) is 18.6 Å². The number of hydrogen-bond acceptors (Lipinski definition) is 4. The monoisotopic (exact) mass is 514 g/mol. The van der Waals surface area contributed by atoms with Crippen molar-refractivity contribution in [2.75, 3.05) is 20.8 Å². The second-order valence-corrected chi connectivity index (χ2v) is 10.5. The molecule has 0 aromatic heterocycles. The van der Waals surface area contributed by atoms with E-state index in [1.54, 1.807) is 14.2 Å². The summed E-state index contributed by atoms with van der Waals surface area (Å²) in [6.45, 7) is 2.19. The number of rotatable bonds is 11. The van der Waals surface area contributed by atoms with Crippen LogP contribution in [0, 0.1) is 0 Å². The SMILES string of the molecule is CCOC(=O)/C(=C\[Se]c1ccccc1)CC([Se]c1ccccc1)C(OC)OC. The molecule has 0 aliphatic heterocycles. The Hall–Kier alpha value is -1.39. The summed E-state index contributed by atoms with van der Waals surface area (Å²) in [6.07, 6.45) is 0.191. The van der Waals surface area contributed by atoms with Crippen molar-refractivity contribution in [3.05, 3.63) is 71.2 Å². The number of hydrogen-bond donors (Lipinski definition) is 0. The molecule has 0 aliphatic rings. The van der Waals surface area contributed by atoms with Crippen molar-refractivity contribution in [3.63, 3.8) is 0 Å². The van der Waals surface area contributed by atoms with Crippen molar-refractivity contribution in [2.24, 2.45) is 0 Å². The van der Waals surface area contributed by atoms with Crippen LogP contribution in [0.15, 0.2) is 71.2 Å². The Kier molecular flexibility index (Phi) is 10.6. The fourth-order valence-electron chi connectivity index (χ4n) is 2.53. The van der Waals surface area contributed by atoms with Gasteiger partial charge in [0.2, 0.25) is 0 Å². The van der Waals surface area contributed by atoms with E-state index in [2.05, 4.69) is 24.3 Å². The zero-order valence-electron chi connectivity index (χ0n) is 16.4. The molecular formula is C22H26O4Se2. The van der Waals surface area contributed by atoms with Crippen LogP contribution in [0.1, 0.15) is 13.3 Å². The van der Waals surface area contributed by atoms with Gasteiger partial charge in [-0.1, -0.05) is 0 Å². The van der Waals surface area contributed by atoms with Crippen molar-refractivity contribution >= 4 is 44.8 Å². The van der Waals surface area contributed by atoms with Gasteiger partial charge < -0.3 is 0 Å². The summed E-state index contributed by atoms with van der Waals surface area (Å²) in [6, 6.07) is 20.5. The molecule has 0 bridgehead atoms. The van der Waals surface area contributed by atoms with Crippen LogP contribution in [-0.4, -0.2) is 63.0 Å². The Morgan fingerprint density at radius 2 is 1.54 bits per heavy atom. The predicted octanol–water partition coefficient (Wildman–Crippen LogP) is 2.29. The third kappa shape index (κ3) is 7.56. The van der Waals surface area contributed by atoms with Crippen LogP contribution in [0.4, 0.5) is 0 Å². The Morgan fingerprint density at radius 3 is 2.07 bits per heavy atom. The van der Waals surface area contributed by atoms with Crippen molar-refractivity contribution in [1.29, 1.82) is 0 Å². The molecule has 0 spiro atoms. The van der Waals surface area contributed by atoms with Crippen LogP contribution in [0.5, 0.6) is 0 Å². The molecule has 4 nitrogen and oxygen atoms in total. The summed E-state index contributed by atoms with van der Waals surface area (Å²) < 4.78 is 18.9. The summed E-state index contributed by atoms with van der Waals surface area (Å²) in [4.78, 5) is 14.7. The van der Waals surface area contributed by atoms with E-state index >= 15 is 0 Å². The van der Waals surface area contributed by atoms with E-state index in [0.717, 1.165) is 0 Å². The molecule has 0 aliphatic carbocycles. The number of carbonyl (C=O) groups is 1. The van der Waals surface area contributed by atoms with E-state index in [4.69, 9.17) is 14.2 Å². The molecule has 28 heavy (non-hydrogen) atoms. The molecule has 0 heterocycles. The van der Waals surface area contributed by atoms with Gasteiger partial charge in [-0.25, -0.2) is 0 Å². The number of carbonyl (C=O) groups excluding carboxylic acids is 1. The van der Waals surface area contributed by atoms with Gasteiger partial charge in [-0.3, -0.25) is 0 Å². The second-order valence-electron chi connectivity index (χ2n) is 5.81. The zero-order valence-corrected chi connectivity index (χ0v) is 19.8. The van der Waals surface area contributed by atoms with Gasteiger partial charge in [0.15, 0.2) is 0 Å². The standard InChI is InChI=1S/C22H26O4Se2/c1-4-26-21(23)17(16-27-18-11-7-5-8-12-18)15-20(22(24-2)25-3)28-19-13-9-6-10-14-19/h5-14,16,20,22H,4,15H2,1-3H3/b17-16-. The van der Waals surface area contributed by atoms with Gasteiger partial charge >= 0.3 is 180 Å². The van der Waals surface area contributed by atoms with E-state index in [1.165, 1.54) is 8.92 Å². The summed E-state index contributed by atoms with van der Waals surface area (Å²) in [5.41, 5.74) is 0.701. The van der Waals surface area contributed by atoms with Crippen molar-refractivity contribution in [1.82, 2.24) is 0 Å². The first kappa shape index (κ1) is 22.9. The number of benzene rings is 2. The molecule has 0 saturated carbocycles. The molecule has 0 saturated heterocycles. The average molecular weight is 512 g/mol. The van der Waals surface area contributed by atoms with E-state index in [-0.39, 0.29) is 47.0 Å². The van der Waals surface area contributed by atoms with Crippen molar-refractivity contribution < 1.29 is 19.0 Å². The van der Waals surface area contributed by atoms with Crippen molar-refractivity contribution in [2.45, 2.75) is 24.5 Å². The van der Waals surface area contributed by atoms with Crippen molar-refractivity contribution in [3.8, 4) is 0 Å². The third-order valence-electron chi connectivity index (χ3n) is 3.84. The number of methoxy groups -OCH3 is 2. The minimum absolute atomic E-state index is 0.0588. The molecule has 2 rings (SSSR count). The number of ether oxygens (including phenoxy) is 3. The molecule has 1 atom stereocenters. The normalized spacial score (nSPS) is 12.8. The quantitative estimate of drug-likeness (QED) is 0.201. The molecular weight excluding hydrogens is 486 g/mol. The predicted molar refractivity (Wildman–Crippen MR) is 115 cm³/mol. The molecule has 0 amide bonds. The molecule has 150 valence electrons. The van der Waals surface area contributed by atoms with Crippen LogP contribution < -0.4 is 8.92 Å². The summed E-state index contributed by atoms with van der Waals surface area (Å²) in [5.74, 6) is -0.250. The van der Waals surface area contributed by atoms with Gasteiger partial charge in [-0.05, 0) is 0 Å². The maximum absolute atomic E-state index is 12.6. The molecule has 2 aromatic carbocycles. The first-order valence-corrected chi connectivity index (χ1v) is 12.7. The van der Waals surface area contributed by atoms with Crippen LogP contribution in [0.2, 0.25) is 4.82 Å². The van der Waals surface area contributed by atoms with Gasteiger partial charge in [0.25, 0.3) is 0 Å². The zero-order chi connectivity index (χ0) is 20.2. The summed E-state index contributed by atoms with van der Waals surface area (Å²) >= 11 is 0.145. The van der Waals surface area contributed by atoms with Gasteiger partial charge in [-0.2, -0.15) is 0 Å². The Labute approximate surface area is 180 Å². The second kappa shape index (κ2) is 12.9. The van der Waals surface area contributed by atoms with E-state index in [9.17, 15) is 4.79 Å². The summed E-state index contributed by atoms with van der Waals surface area (Å²) in [5, 5.41) is 0. The molecule has 0 fully saturated rings. The topological polar surface area (TPSA) is 44.8 Å². The molecule has 0 radical (unpaired) electrons. The average Bonchev–Trinajstić information content (AvgIpc) is 2.73. The number of esters is 1. The van der Waals surface area contributed by atoms with Gasteiger partial charge in [0, 0.05) is 0 Å². The molecule has 1 unspecified atom stereocenters. The van der Waals surface area contributed by atoms with Gasteiger partial charge in [0.05, 0.1) is 0 Å². The van der Waals surface area contributed by atoms with E-state index < -0.39 is 0 Å². The van der Waals surface area contributed by atoms with Crippen LogP contribution in [0.25, 0.3) is 0 Å². The molecule has 2 aromatic rings. The molecule has 0 N–H and O–H groups in total. The first-order valence-electron chi connectivity index (χ1n) is 9.03. The summed E-state index contributed by atoms with van der Waals surface area (Å²) in [7, 11) is 3.29. The van der Waals surface area contributed by atoms with Gasteiger partial charge in [-0.15, -0.1) is 0 Å². The minimum atomic E-state index is -0.373. The van der Waals surface area contributed by atoms with Crippen LogP contribution >= 0.6 is 0 Å². The van der Waals surface area contributed by atoms with Crippen LogP contribution in [-0.2, 0) is 19.0 Å². The fourth-order valence-corrected chi connectivity index (χ4v) is 6.82. The maximum atomic E-state index is 12.6. The Bertz CT molecular complexity index is 731. The Balaban J connectivity index is 2.23. The third-order valence-corrected chi connectivity index (χ3v) is 8.42. The van der Waals surface area contributed by atoms with E-state index in [1.807, 2.05) is 48.3 Å². The first-order chi connectivity index (χ1) is 13.7. The Morgan fingerprint density at radius 1 is 0.964 bits per heavy atom. The van der Waals surface area contributed by atoms with Gasteiger partial charge in [0.1, 0.15) is 0 Å². The molecule has 6 heteroatoms.